The van der Waals surface area contributed by atoms with E-state index >= 15 is 0 Å². The predicted octanol–water partition coefficient (Wildman–Crippen LogP) is 1.77. The van der Waals surface area contributed by atoms with Crippen molar-refractivity contribution in [1.29, 1.82) is 0 Å². The lowest BCUT2D eigenvalue weighted by Gasteiger charge is -2.14. The fourth-order valence-electron chi connectivity index (χ4n) is 1.60. The third-order valence-corrected chi connectivity index (χ3v) is 2.69. The first kappa shape index (κ1) is 14.0. The third-order valence-electron chi connectivity index (χ3n) is 2.69. The van der Waals surface area contributed by atoms with Gasteiger partial charge in [-0.05, 0) is 26.0 Å². The van der Waals surface area contributed by atoms with E-state index < -0.39 is 6.10 Å². The average Bonchev–Trinajstić information content (AvgIpc) is 2.84. The molecule has 106 valence electrons. The molecule has 2 aromatic rings. The molecule has 1 heterocycles. The van der Waals surface area contributed by atoms with Crippen molar-refractivity contribution in [2.45, 2.75) is 33.4 Å². The van der Waals surface area contributed by atoms with Crippen molar-refractivity contribution >= 4 is 5.91 Å². The number of benzene rings is 1. The van der Waals surface area contributed by atoms with Gasteiger partial charge in [-0.25, -0.2) is 0 Å². The number of aryl methyl sites for hydroxylation is 2. The van der Waals surface area contributed by atoms with Crippen LogP contribution in [-0.4, -0.2) is 22.2 Å². The Morgan fingerprint density at radius 2 is 2.05 bits per heavy atom. The van der Waals surface area contributed by atoms with Crippen molar-refractivity contribution < 1.29 is 14.1 Å². The Kier molecular flexibility index (Phi) is 4.34. The van der Waals surface area contributed by atoms with Gasteiger partial charge in [0.15, 0.2) is 11.9 Å². The van der Waals surface area contributed by atoms with Gasteiger partial charge in [-0.3, -0.25) is 4.79 Å². The van der Waals surface area contributed by atoms with Crippen molar-refractivity contribution in [1.82, 2.24) is 15.5 Å². The first-order chi connectivity index (χ1) is 9.54. The molecule has 2 rings (SSSR count). The van der Waals surface area contributed by atoms with E-state index in [1.807, 2.05) is 31.2 Å². The number of hydrogen-bond acceptors (Lipinski definition) is 5. The van der Waals surface area contributed by atoms with E-state index in [0.29, 0.717) is 17.5 Å². The Hall–Kier alpha value is -2.37. The summed E-state index contributed by atoms with van der Waals surface area (Å²) in [7, 11) is 0. The molecule has 6 nitrogen and oxygen atoms in total. The largest absolute Gasteiger partial charge is 0.481 e. The van der Waals surface area contributed by atoms with Crippen LogP contribution in [0.5, 0.6) is 5.75 Å². The summed E-state index contributed by atoms with van der Waals surface area (Å²) in [6.45, 7) is 5.60. The molecule has 0 saturated carbocycles. The molecule has 20 heavy (non-hydrogen) atoms. The van der Waals surface area contributed by atoms with Crippen LogP contribution in [0.2, 0.25) is 0 Å². The highest BCUT2D eigenvalue weighted by molar-refractivity contribution is 5.80. The van der Waals surface area contributed by atoms with Gasteiger partial charge in [-0.15, -0.1) is 0 Å². The molecule has 0 aliphatic heterocycles. The lowest BCUT2D eigenvalue weighted by Crippen LogP contribution is -2.36. The summed E-state index contributed by atoms with van der Waals surface area (Å²) < 4.78 is 10.4. The molecule has 0 bridgehead atoms. The van der Waals surface area contributed by atoms with E-state index in [0.717, 1.165) is 5.56 Å². The standard InChI is InChI=1S/C14H17N3O3/c1-9-4-6-12(7-5-9)19-10(2)14(18)15-8-13-16-11(3)20-17-13/h4-7,10H,8H2,1-3H3,(H,15,18). The van der Waals surface area contributed by atoms with Gasteiger partial charge in [0.1, 0.15) is 5.75 Å². The summed E-state index contributed by atoms with van der Waals surface area (Å²) in [6, 6.07) is 7.54. The molecule has 0 radical (unpaired) electrons. The SMILES string of the molecule is Cc1ccc(OC(C)C(=O)NCc2noc(C)n2)cc1. The Balaban J connectivity index is 1.84. The maximum atomic E-state index is 11.9. The molecule has 1 aromatic heterocycles. The van der Waals surface area contributed by atoms with E-state index in [-0.39, 0.29) is 12.5 Å². The molecular formula is C14H17N3O3. The van der Waals surface area contributed by atoms with Crippen molar-refractivity contribution in [2.24, 2.45) is 0 Å². The Morgan fingerprint density at radius 3 is 2.65 bits per heavy atom. The Labute approximate surface area is 117 Å². The van der Waals surface area contributed by atoms with E-state index in [9.17, 15) is 4.79 Å². The van der Waals surface area contributed by atoms with Crippen LogP contribution in [0.1, 0.15) is 24.2 Å². The van der Waals surface area contributed by atoms with Crippen LogP contribution in [0.3, 0.4) is 0 Å². The van der Waals surface area contributed by atoms with E-state index in [1.54, 1.807) is 13.8 Å². The number of nitrogens with zero attached hydrogens (tertiary/aromatic N) is 2. The molecule has 6 heteroatoms. The highest BCUT2D eigenvalue weighted by atomic mass is 16.5. The second-order valence-electron chi connectivity index (χ2n) is 4.52. The minimum absolute atomic E-state index is 0.220. The van der Waals surface area contributed by atoms with Crippen LogP contribution in [0.15, 0.2) is 28.8 Å². The molecule has 0 saturated heterocycles. The van der Waals surface area contributed by atoms with E-state index in [2.05, 4.69) is 15.5 Å². The van der Waals surface area contributed by atoms with Gasteiger partial charge in [0, 0.05) is 6.92 Å². The first-order valence-corrected chi connectivity index (χ1v) is 6.35. The molecule has 0 aliphatic rings. The molecule has 1 aromatic carbocycles. The molecule has 1 amide bonds. The molecule has 0 fully saturated rings. The van der Waals surface area contributed by atoms with Crippen molar-refractivity contribution in [2.75, 3.05) is 0 Å². The van der Waals surface area contributed by atoms with Gasteiger partial charge in [-0.1, -0.05) is 22.9 Å². The number of ether oxygens (including phenoxy) is 1. The van der Waals surface area contributed by atoms with Crippen LogP contribution in [0.25, 0.3) is 0 Å². The number of nitrogens with one attached hydrogen (secondary N) is 1. The van der Waals surface area contributed by atoms with Gasteiger partial charge < -0.3 is 14.6 Å². The summed E-state index contributed by atoms with van der Waals surface area (Å²) >= 11 is 0. The topological polar surface area (TPSA) is 77.2 Å². The van der Waals surface area contributed by atoms with Crippen molar-refractivity contribution in [3.63, 3.8) is 0 Å². The number of hydrogen-bond donors (Lipinski definition) is 1. The molecular weight excluding hydrogens is 258 g/mol. The predicted molar refractivity (Wildman–Crippen MR) is 72.2 cm³/mol. The van der Waals surface area contributed by atoms with E-state index in [1.165, 1.54) is 0 Å². The maximum Gasteiger partial charge on any atom is 0.261 e. The summed E-state index contributed by atoms with van der Waals surface area (Å²) in [5.74, 6) is 1.35. The number of aromatic nitrogens is 2. The van der Waals surface area contributed by atoms with Crippen LogP contribution >= 0.6 is 0 Å². The third kappa shape index (κ3) is 3.81. The van der Waals surface area contributed by atoms with Gasteiger partial charge in [0.25, 0.3) is 5.91 Å². The Bertz CT molecular complexity index is 578. The smallest absolute Gasteiger partial charge is 0.261 e. The fourth-order valence-corrected chi connectivity index (χ4v) is 1.60. The first-order valence-electron chi connectivity index (χ1n) is 6.35. The summed E-state index contributed by atoms with van der Waals surface area (Å²) in [6.07, 6.45) is -0.592. The van der Waals surface area contributed by atoms with Crippen molar-refractivity contribution in [3.05, 3.63) is 41.5 Å². The zero-order valence-corrected chi connectivity index (χ0v) is 11.7. The monoisotopic (exact) mass is 275 g/mol. The normalized spacial score (nSPS) is 11.9. The number of amides is 1. The fraction of sp³-hybridized carbons (Fsp3) is 0.357. The number of carbonyl (C=O) groups is 1. The molecule has 1 atom stereocenters. The summed E-state index contributed by atoms with van der Waals surface area (Å²) in [4.78, 5) is 15.9. The number of rotatable bonds is 5. The zero-order chi connectivity index (χ0) is 14.5. The van der Waals surface area contributed by atoms with Gasteiger partial charge in [-0.2, -0.15) is 4.98 Å². The van der Waals surface area contributed by atoms with Crippen LogP contribution in [0, 0.1) is 13.8 Å². The zero-order valence-electron chi connectivity index (χ0n) is 11.7. The second-order valence-corrected chi connectivity index (χ2v) is 4.52. The van der Waals surface area contributed by atoms with Gasteiger partial charge in [0.2, 0.25) is 5.89 Å². The maximum absolute atomic E-state index is 11.9. The second kappa shape index (κ2) is 6.18. The van der Waals surface area contributed by atoms with Gasteiger partial charge in [0.05, 0.1) is 6.54 Å². The minimum atomic E-state index is -0.592. The quantitative estimate of drug-likeness (QED) is 0.899. The number of carbonyl (C=O) groups excluding carboxylic acids is 1. The van der Waals surface area contributed by atoms with Crippen LogP contribution in [0.4, 0.5) is 0 Å². The molecule has 1 unspecified atom stereocenters. The van der Waals surface area contributed by atoms with Crippen molar-refractivity contribution in [3.8, 4) is 5.75 Å². The minimum Gasteiger partial charge on any atom is -0.481 e. The van der Waals surface area contributed by atoms with Crippen LogP contribution in [-0.2, 0) is 11.3 Å². The molecule has 0 spiro atoms. The summed E-state index contributed by atoms with van der Waals surface area (Å²) in [5.41, 5.74) is 1.14. The van der Waals surface area contributed by atoms with E-state index in [4.69, 9.17) is 9.26 Å². The molecule has 1 N–H and O–H groups in total. The lowest BCUT2D eigenvalue weighted by atomic mass is 10.2. The molecule has 0 aliphatic carbocycles. The van der Waals surface area contributed by atoms with Gasteiger partial charge >= 0.3 is 0 Å². The average molecular weight is 275 g/mol. The highest BCUT2D eigenvalue weighted by Crippen LogP contribution is 2.13. The Morgan fingerprint density at radius 1 is 1.35 bits per heavy atom. The lowest BCUT2D eigenvalue weighted by molar-refractivity contribution is -0.127. The van der Waals surface area contributed by atoms with Crippen LogP contribution < -0.4 is 10.1 Å². The summed E-state index contributed by atoms with van der Waals surface area (Å²) in [5, 5.41) is 6.39. The highest BCUT2D eigenvalue weighted by Gasteiger charge is 2.15.